The molecule has 0 radical (unpaired) electrons. The SMILES string of the molecule is C[C@@H](NC(=O)CCc1cnn(C)c1)c1ccc(-c2nn[nH]n2)cc1. The van der Waals surface area contributed by atoms with Gasteiger partial charge in [-0.15, -0.1) is 10.2 Å². The Kier molecular flexibility index (Phi) is 4.64. The molecule has 2 N–H and O–H groups in total. The Labute approximate surface area is 139 Å². The number of hydrogen-bond donors (Lipinski definition) is 2. The standard InChI is InChI=1S/C16H19N7O/c1-11(18-15(24)8-3-12-9-17-23(2)10-12)13-4-6-14(7-5-13)16-19-21-22-20-16/h4-7,9-11H,3,8H2,1-2H3,(H,18,24)(H,19,20,21,22)/t11-/m1/s1. The number of nitrogens with zero attached hydrogens (tertiary/aromatic N) is 5. The number of carbonyl (C=O) groups excluding carboxylic acids is 1. The summed E-state index contributed by atoms with van der Waals surface area (Å²) in [4.78, 5) is 12.1. The molecular formula is C16H19N7O. The Balaban J connectivity index is 1.54. The summed E-state index contributed by atoms with van der Waals surface area (Å²) < 4.78 is 1.74. The van der Waals surface area contributed by atoms with E-state index >= 15 is 0 Å². The minimum absolute atomic E-state index is 0.0218. The van der Waals surface area contributed by atoms with Crippen LogP contribution in [0.15, 0.2) is 36.7 Å². The van der Waals surface area contributed by atoms with E-state index in [0.29, 0.717) is 18.7 Å². The lowest BCUT2D eigenvalue weighted by Gasteiger charge is -2.14. The lowest BCUT2D eigenvalue weighted by molar-refractivity contribution is -0.121. The van der Waals surface area contributed by atoms with Gasteiger partial charge in [-0.25, -0.2) is 0 Å². The van der Waals surface area contributed by atoms with Crippen LogP contribution in [0.3, 0.4) is 0 Å². The van der Waals surface area contributed by atoms with Crippen LogP contribution in [0.2, 0.25) is 0 Å². The molecule has 0 unspecified atom stereocenters. The third-order valence-corrected chi connectivity index (χ3v) is 3.79. The molecule has 1 aromatic carbocycles. The second-order valence-corrected chi connectivity index (χ2v) is 5.67. The van der Waals surface area contributed by atoms with Crippen LogP contribution < -0.4 is 5.32 Å². The Hall–Kier alpha value is -3.03. The molecular weight excluding hydrogens is 306 g/mol. The first kappa shape index (κ1) is 15.9. The van der Waals surface area contributed by atoms with Crippen molar-refractivity contribution in [3.8, 4) is 11.4 Å². The normalized spacial score (nSPS) is 12.1. The van der Waals surface area contributed by atoms with Crippen molar-refractivity contribution in [2.24, 2.45) is 7.05 Å². The van der Waals surface area contributed by atoms with Crippen LogP contribution in [-0.2, 0) is 18.3 Å². The molecule has 8 heteroatoms. The lowest BCUT2D eigenvalue weighted by atomic mass is 10.1. The van der Waals surface area contributed by atoms with Crippen molar-refractivity contribution < 1.29 is 4.79 Å². The predicted octanol–water partition coefficient (Wildman–Crippen LogP) is 1.41. The highest BCUT2D eigenvalue weighted by Crippen LogP contribution is 2.18. The van der Waals surface area contributed by atoms with E-state index < -0.39 is 0 Å². The first-order valence-corrected chi connectivity index (χ1v) is 7.72. The minimum Gasteiger partial charge on any atom is -0.350 e. The van der Waals surface area contributed by atoms with Crippen molar-refractivity contribution in [3.05, 3.63) is 47.8 Å². The first-order valence-electron chi connectivity index (χ1n) is 7.72. The van der Waals surface area contributed by atoms with E-state index in [1.165, 1.54) is 0 Å². The Bertz CT molecular complexity index is 792. The van der Waals surface area contributed by atoms with Gasteiger partial charge in [-0.1, -0.05) is 24.3 Å². The van der Waals surface area contributed by atoms with E-state index in [9.17, 15) is 4.79 Å². The van der Waals surface area contributed by atoms with Gasteiger partial charge in [-0.2, -0.15) is 10.3 Å². The number of tetrazole rings is 1. The minimum atomic E-state index is -0.0642. The maximum Gasteiger partial charge on any atom is 0.220 e. The van der Waals surface area contributed by atoms with Crippen LogP contribution >= 0.6 is 0 Å². The Morgan fingerprint density at radius 1 is 1.33 bits per heavy atom. The summed E-state index contributed by atoms with van der Waals surface area (Å²) in [5.41, 5.74) is 2.96. The number of hydrogen-bond acceptors (Lipinski definition) is 5. The van der Waals surface area contributed by atoms with Gasteiger partial charge in [-0.05, 0) is 29.7 Å². The van der Waals surface area contributed by atoms with E-state index in [4.69, 9.17) is 0 Å². The quantitative estimate of drug-likeness (QED) is 0.713. The monoisotopic (exact) mass is 325 g/mol. The number of nitrogens with one attached hydrogen (secondary N) is 2. The molecule has 8 nitrogen and oxygen atoms in total. The second kappa shape index (κ2) is 7.03. The van der Waals surface area contributed by atoms with Crippen molar-refractivity contribution in [2.45, 2.75) is 25.8 Å². The van der Waals surface area contributed by atoms with Crippen LogP contribution in [0, 0.1) is 0 Å². The third-order valence-electron chi connectivity index (χ3n) is 3.79. The van der Waals surface area contributed by atoms with Gasteiger partial charge in [0.15, 0.2) is 0 Å². The average molecular weight is 325 g/mol. The first-order chi connectivity index (χ1) is 11.6. The third kappa shape index (κ3) is 3.83. The maximum atomic E-state index is 12.1. The molecule has 2 aromatic heterocycles. The molecule has 1 atom stereocenters. The van der Waals surface area contributed by atoms with Crippen LogP contribution in [0.4, 0.5) is 0 Å². The molecule has 3 rings (SSSR count). The molecule has 3 aromatic rings. The Morgan fingerprint density at radius 2 is 2.12 bits per heavy atom. The molecule has 0 saturated carbocycles. The molecule has 0 saturated heterocycles. The molecule has 24 heavy (non-hydrogen) atoms. The number of amides is 1. The van der Waals surface area contributed by atoms with Crippen molar-refractivity contribution >= 4 is 5.91 Å². The molecule has 0 aliphatic heterocycles. The van der Waals surface area contributed by atoms with Crippen LogP contribution in [0.25, 0.3) is 11.4 Å². The predicted molar refractivity (Wildman–Crippen MR) is 87.7 cm³/mol. The number of aryl methyl sites for hydroxylation is 2. The van der Waals surface area contributed by atoms with Crippen molar-refractivity contribution in [1.82, 2.24) is 35.7 Å². The van der Waals surface area contributed by atoms with E-state index in [2.05, 4.69) is 31.0 Å². The van der Waals surface area contributed by atoms with Gasteiger partial charge in [-0.3, -0.25) is 9.48 Å². The van der Waals surface area contributed by atoms with Crippen molar-refractivity contribution in [1.29, 1.82) is 0 Å². The van der Waals surface area contributed by atoms with Gasteiger partial charge < -0.3 is 5.32 Å². The van der Waals surface area contributed by atoms with Gasteiger partial charge in [0.05, 0.1) is 12.2 Å². The summed E-state index contributed by atoms with van der Waals surface area (Å²) in [5, 5.41) is 21.0. The Morgan fingerprint density at radius 3 is 2.75 bits per heavy atom. The molecule has 1 amide bonds. The highest BCUT2D eigenvalue weighted by atomic mass is 16.1. The topological polar surface area (TPSA) is 101 Å². The lowest BCUT2D eigenvalue weighted by Crippen LogP contribution is -2.26. The van der Waals surface area contributed by atoms with Gasteiger partial charge in [0.2, 0.25) is 11.7 Å². The zero-order valence-corrected chi connectivity index (χ0v) is 13.6. The van der Waals surface area contributed by atoms with Crippen LogP contribution in [0.5, 0.6) is 0 Å². The van der Waals surface area contributed by atoms with E-state index in [1.807, 2.05) is 44.4 Å². The van der Waals surface area contributed by atoms with Crippen LogP contribution in [-0.4, -0.2) is 36.3 Å². The fourth-order valence-corrected chi connectivity index (χ4v) is 2.46. The molecule has 0 fully saturated rings. The maximum absolute atomic E-state index is 12.1. The van der Waals surface area contributed by atoms with E-state index in [-0.39, 0.29) is 11.9 Å². The summed E-state index contributed by atoms with van der Waals surface area (Å²) in [6, 6.07) is 7.68. The molecule has 2 heterocycles. The van der Waals surface area contributed by atoms with Gasteiger partial charge >= 0.3 is 0 Å². The van der Waals surface area contributed by atoms with Crippen LogP contribution in [0.1, 0.15) is 30.5 Å². The summed E-state index contributed by atoms with van der Waals surface area (Å²) >= 11 is 0. The summed E-state index contributed by atoms with van der Waals surface area (Å²) in [5.74, 6) is 0.573. The molecule has 124 valence electrons. The van der Waals surface area contributed by atoms with Crippen molar-refractivity contribution in [2.75, 3.05) is 0 Å². The van der Waals surface area contributed by atoms with Gasteiger partial charge in [0.25, 0.3) is 0 Å². The second-order valence-electron chi connectivity index (χ2n) is 5.67. The van der Waals surface area contributed by atoms with E-state index in [0.717, 1.165) is 16.7 Å². The average Bonchev–Trinajstić information content (AvgIpc) is 3.25. The summed E-state index contributed by atoms with van der Waals surface area (Å²) in [7, 11) is 1.86. The van der Waals surface area contributed by atoms with Gasteiger partial charge in [0, 0.05) is 25.2 Å². The molecule has 0 aliphatic rings. The number of rotatable bonds is 6. The molecule has 0 aliphatic carbocycles. The number of aromatic amines is 1. The highest BCUT2D eigenvalue weighted by molar-refractivity contribution is 5.76. The fourth-order valence-electron chi connectivity index (χ4n) is 2.46. The summed E-state index contributed by atoms with van der Waals surface area (Å²) in [6.07, 6.45) is 4.83. The van der Waals surface area contributed by atoms with Gasteiger partial charge in [0.1, 0.15) is 0 Å². The van der Waals surface area contributed by atoms with E-state index in [1.54, 1.807) is 10.9 Å². The molecule has 0 bridgehead atoms. The largest absolute Gasteiger partial charge is 0.350 e. The number of benzene rings is 1. The highest BCUT2D eigenvalue weighted by Gasteiger charge is 2.11. The zero-order valence-electron chi connectivity index (χ0n) is 13.6. The smallest absolute Gasteiger partial charge is 0.220 e. The number of H-pyrrole nitrogens is 1. The van der Waals surface area contributed by atoms with Crippen molar-refractivity contribution in [3.63, 3.8) is 0 Å². The number of carbonyl (C=O) groups is 1. The molecule has 0 spiro atoms. The summed E-state index contributed by atoms with van der Waals surface area (Å²) in [6.45, 7) is 1.96. The number of aromatic nitrogens is 6. The fraction of sp³-hybridized carbons (Fsp3) is 0.312. The zero-order chi connectivity index (χ0) is 16.9.